The maximum absolute atomic E-state index is 13.0. The van der Waals surface area contributed by atoms with E-state index in [4.69, 9.17) is 4.74 Å². The fourth-order valence-corrected chi connectivity index (χ4v) is 2.68. The van der Waals surface area contributed by atoms with E-state index in [0.717, 1.165) is 19.5 Å². The molecule has 1 aliphatic heterocycles. The van der Waals surface area contributed by atoms with Gasteiger partial charge >= 0.3 is 0 Å². The number of nitrogens with zero attached hydrogens (tertiary/aromatic N) is 1. The number of aliphatic hydroxyl groups excluding tert-OH is 1. The number of hydrogen-bond donors (Lipinski definition) is 1. The fraction of sp³-hybridized carbons (Fsp3) is 0.600. The van der Waals surface area contributed by atoms with Gasteiger partial charge in [0.1, 0.15) is 18.2 Å². The monoisotopic (exact) mass is 267 g/mol. The number of rotatable bonds is 5. The number of benzene rings is 1. The molecule has 1 aromatic rings. The van der Waals surface area contributed by atoms with Crippen LogP contribution in [-0.2, 0) is 0 Å². The van der Waals surface area contributed by atoms with Gasteiger partial charge in [0.05, 0.1) is 6.10 Å². The fourth-order valence-electron chi connectivity index (χ4n) is 2.68. The van der Waals surface area contributed by atoms with E-state index in [-0.39, 0.29) is 18.0 Å². The highest BCUT2D eigenvalue weighted by Crippen LogP contribution is 2.19. The van der Waals surface area contributed by atoms with Crippen LogP contribution in [0.2, 0.25) is 0 Å². The van der Waals surface area contributed by atoms with E-state index in [2.05, 4.69) is 4.90 Å². The van der Waals surface area contributed by atoms with Gasteiger partial charge in [-0.25, -0.2) is 4.39 Å². The molecule has 2 rings (SSSR count). The first-order valence-corrected chi connectivity index (χ1v) is 6.97. The SMILES string of the molecule is CC(O)C1CCCCN1CCOc1cccc(F)c1. The van der Waals surface area contributed by atoms with Crippen molar-refractivity contribution in [2.45, 2.75) is 38.3 Å². The maximum Gasteiger partial charge on any atom is 0.126 e. The standard InChI is InChI=1S/C15H22FNO2/c1-12(18)15-7-2-3-8-17(15)9-10-19-14-6-4-5-13(16)11-14/h4-6,11-12,15,18H,2-3,7-10H2,1H3. The van der Waals surface area contributed by atoms with E-state index < -0.39 is 0 Å². The van der Waals surface area contributed by atoms with Crippen molar-refractivity contribution >= 4 is 0 Å². The summed E-state index contributed by atoms with van der Waals surface area (Å²) >= 11 is 0. The van der Waals surface area contributed by atoms with Crippen molar-refractivity contribution in [1.82, 2.24) is 4.90 Å². The van der Waals surface area contributed by atoms with Gasteiger partial charge in [0.15, 0.2) is 0 Å². The lowest BCUT2D eigenvalue weighted by molar-refractivity contribution is 0.0293. The summed E-state index contributed by atoms with van der Waals surface area (Å²) in [7, 11) is 0. The van der Waals surface area contributed by atoms with Gasteiger partial charge in [-0.05, 0) is 38.4 Å². The van der Waals surface area contributed by atoms with E-state index in [1.807, 2.05) is 6.92 Å². The van der Waals surface area contributed by atoms with Gasteiger partial charge in [0.2, 0.25) is 0 Å². The zero-order valence-electron chi connectivity index (χ0n) is 11.4. The molecule has 0 saturated carbocycles. The Morgan fingerprint density at radius 1 is 1.47 bits per heavy atom. The van der Waals surface area contributed by atoms with Gasteiger partial charge in [-0.3, -0.25) is 4.90 Å². The first kappa shape index (κ1) is 14.3. The van der Waals surface area contributed by atoms with Crippen LogP contribution in [0.25, 0.3) is 0 Å². The highest BCUT2D eigenvalue weighted by atomic mass is 19.1. The van der Waals surface area contributed by atoms with Crippen molar-refractivity contribution < 1.29 is 14.2 Å². The van der Waals surface area contributed by atoms with Crippen LogP contribution >= 0.6 is 0 Å². The van der Waals surface area contributed by atoms with Crippen LogP contribution < -0.4 is 4.74 Å². The van der Waals surface area contributed by atoms with Crippen LogP contribution in [0.5, 0.6) is 5.75 Å². The van der Waals surface area contributed by atoms with Gasteiger partial charge in [0.25, 0.3) is 0 Å². The van der Waals surface area contributed by atoms with Crippen LogP contribution in [0, 0.1) is 5.82 Å². The second-order valence-electron chi connectivity index (χ2n) is 5.15. The lowest BCUT2D eigenvalue weighted by atomic mass is 9.98. The topological polar surface area (TPSA) is 32.7 Å². The molecular weight excluding hydrogens is 245 g/mol. The Morgan fingerprint density at radius 2 is 2.32 bits per heavy atom. The van der Waals surface area contributed by atoms with E-state index in [9.17, 15) is 9.50 Å². The average molecular weight is 267 g/mol. The van der Waals surface area contributed by atoms with Gasteiger partial charge in [0, 0.05) is 18.7 Å². The van der Waals surface area contributed by atoms with Crippen molar-refractivity contribution in [3.63, 3.8) is 0 Å². The number of piperidine rings is 1. The van der Waals surface area contributed by atoms with Crippen LogP contribution in [0.1, 0.15) is 26.2 Å². The third kappa shape index (κ3) is 4.18. The highest BCUT2D eigenvalue weighted by Gasteiger charge is 2.25. The normalized spacial score (nSPS) is 22.2. The van der Waals surface area contributed by atoms with Crippen LogP contribution in [0.15, 0.2) is 24.3 Å². The number of halogens is 1. The number of hydrogen-bond acceptors (Lipinski definition) is 3. The summed E-state index contributed by atoms with van der Waals surface area (Å²) in [5, 5.41) is 9.77. The minimum atomic E-state index is -0.311. The lowest BCUT2D eigenvalue weighted by Gasteiger charge is -2.37. The molecule has 2 atom stereocenters. The maximum atomic E-state index is 13.0. The largest absolute Gasteiger partial charge is 0.492 e. The Bertz CT molecular complexity index is 397. The Kier molecular flexibility index (Phi) is 5.16. The zero-order valence-corrected chi connectivity index (χ0v) is 11.4. The molecule has 1 saturated heterocycles. The van der Waals surface area contributed by atoms with Gasteiger partial charge in [-0.2, -0.15) is 0 Å². The number of ether oxygens (including phenoxy) is 1. The molecule has 0 aliphatic carbocycles. The first-order valence-electron chi connectivity index (χ1n) is 6.97. The molecule has 3 nitrogen and oxygen atoms in total. The van der Waals surface area contributed by atoms with Crippen molar-refractivity contribution in [3.05, 3.63) is 30.1 Å². The van der Waals surface area contributed by atoms with Gasteiger partial charge in [-0.1, -0.05) is 12.5 Å². The molecule has 1 fully saturated rings. The molecule has 1 heterocycles. The summed E-state index contributed by atoms with van der Waals surface area (Å²) in [6, 6.07) is 6.42. The smallest absolute Gasteiger partial charge is 0.126 e. The molecular formula is C15H22FNO2. The van der Waals surface area contributed by atoms with Gasteiger partial charge in [-0.15, -0.1) is 0 Å². The predicted octanol–water partition coefficient (Wildman–Crippen LogP) is 2.44. The third-order valence-corrected chi connectivity index (χ3v) is 3.66. The molecule has 0 bridgehead atoms. The predicted molar refractivity (Wildman–Crippen MR) is 72.8 cm³/mol. The minimum Gasteiger partial charge on any atom is -0.492 e. The van der Waals surface area contributed by atoms with Crippen LogP contribution in [0.4, 0.5) is 4.39 Å². The van der Waals surface area contributed by atoms with Crippen LogP contribution in [-0.4, -0.2) is 41.8 Å². The average Bonchev–Trinajstić information content (AvgIpc) is 2.39. The Balaban J connectivity index is 1.81. The van der Waals surface area contributed by atoms with E-state index in [1.54, 1.807) is 12.1 Å². The van der Waals surface area contributed by atoms with Crippen molar-refractivity contribution in [2.75, 3.05) is 19.7 Å². The summed E-state index contributed by atoms with van der Waals surface area (Å²) in [6.45, 7) is 4.14. The first-order chi connectivity index (χ1) is 9.16. The summed E-state index contributed by atoms with van der Waals surface area (Å²) in [4.78, 5) is 2.27. The Hall–Kier alpha value is -1.13. The van der Waals surface area contributed by atoms with Crippen molar-refractivity contribution in [2.24, 2.45) is 0 Å². The van der Waals surface area contributed by atoms with Crippen molar-refractivity contribution in [3.8, 4) is 5.75 Å². The molecule has 1 aliphatic rings. The summed E-state index contributed by atoms with van der Waals surface area (Å²) in [5.41, 5.74) is 0. The Labute approximate surface area is 114 Å². The molecule has 0 aromatic heterocycles. The zero-order chi connectivity index (χ0) is 13.7. The number of likely N-dealkylation sites (tertiary alicyclic amines) is 1. The molecule has 1 aromatic carbocycles. The second kappa shape index (κ2) is 6.87. The number of aliphatic hydroxyl groups is 1. The molecule has 0 spiro atoms. The van der Waals surface area contributed by atoms with Gasteiger partial charge < -0.3 is 9.84 Å². The highest BCUT2D eigenvalue weighted by molar-refractivity contribution is 5.22. The summed E-state index contributed by atoms with van der Waals surface area (Å²) in [6.07, 6.45) is 3.08. The summed E-state index contributed by atoms with van der Waals surface area (Å²) < 4.78 is 18.5. The second-order valence-corrected chi connectivity index (χ2v) is 5.15. The van der Waals surface area contributed by atoms with Crippen molar-refractivity contribution in [1.29, 1.82) is 0 Å². The summed E-state index contributed by atoms with van der Waals surface area (Å²) in [5.74, 6) is 0.280. The molecule has 4 heteroatoms. The molecule has 106 valence electrons. The Morgan fingerprint density at radius 3 is 3.05 bits per heavy atom. The molecule has 2 unspecified atom stereocenters. The molecule has 0 amide bonds. The minimum absolute atomic E-state index is 0.227. The van der Waals surface area contributed by atoms with Crippen LogP contribution in [0.3, 0.4) is 0 Å². The van der Waals surface area contributed by atoms with E-state index in [0.29, 0.717) is 12.4 Å². The third-order valence-electron chi connectivity index (χ3n) is 3.66. The lowest BCUT2D eigenvalue weighted by Crippen LogP contribution is -2.47. The quantitative estimate of drug-likeness (QED) is 0.889. The molecule has 1 N–H and O–H groups in total. The molecule has 19 heavy (non-hydrogen) atoms. The molecule has 0 radical (unpaired) electrons. The van der Waals surface area contributed by atoms with E-state index >= 15 is 0 Å². The van der Waals surface area contributed by atoms with E-state index in [1.165, 1.54) is 25.0 Å².